The average molecular weight is 310 g/mol. The number of benzene rings is 2. The molecular weight excluding hydrogens is 292 g/mol. The van der Waals surface area contributed by atoms with E-state index in [0.717, 1.165) is 22.4 Å². The predicted octanol–water partition coefficient (Wildman–Crippen LogP) is 4.44. The largest absolute Gasteiger partial charge is 0.493 e. The van der Waals surface area contributed by atoms with Gasteiger partial charge in [-0.25, -0.2) is 0 Å². The molecule has 0 saturated carbocycles. The van der Waals surface area contributed by atoms with Crippen molar-refractivity contribution in [3.63, 3.8) is 0 Å². The molecule has 118 valence electrons. The molecule has 0 aliphatic heterocycles. The van der Waals surface area contributed by atoms with E-state index < -0.39 is 0 Å². The summed E-state index contributed by atoms with van der Waals surface area (Å²) in [7, 11) is 0. The molecule has 0 spiro atoms. The molecule has 1 N–H and O–H groups in total. The number of fused-ring (bicyclic) bond motifs is 1. The van der Waals surface area contributed by atoms with Crippen LogP contribution in [0.4, 0.5) is 5.69 Å². The first-order valence-corrected chi connectivity index (χ1v) is 7.45. The summed E-state index contributed by atoms with van der Waals surface area (Å²) in [5, 5.41) is 14.0. The lowest BCUT2D eigenvalue weighted by molar-refractivity contribution is 0.290. The van der Waals surface area contributed by atoms with Crippen molar-refractivity contribution >= 4 is 16.6 Å². The molecule has 0 aliphatic carbocycles. The van der Waals surface area contributed by atoms with Gasteiger partial charge in [-0.05, 0) is 42.8 Å². The average Bonchev–Trinajstić information content (AvgIpc) is 2.80. The third-order valence-corrected chi connectivity index (χ3v) is 3.86. The number of aromatic nitrogens is 1. The Morgan fingerprint density at radius 3 is 2.61 bits per heavy atom. The number of aryl methyl sites for hydroxylation is 2. The van der Waals surface area contributed by atoms with Gasteiger partial charge in [0.1, 0.15) is 12.4 Å². The molecule has 1 aromatic heterocycles. The van der Waals surface area contributed by atoms with E-state index in [0.29, 0.717) is 18.5 Å². The van der Waals surface area contributed by atoms with Crippen LogP contribution in [0.1, 0.15) is 11.1 Å². The van der Waals surface area contributed by atoms with Crippen LogP contribution in [-0.4, -0.2) is 16.3 Å². The Kier molecular flexibility index (Phi) is 4.02. The quantitative estimate of drug-likeness (QED) is 0.708. The van der Waals surface area contributed by atoms with Gasteiger partial charge in [-0.2, -0.15) is 0 Å². The molecule has 0 saturated heterocycles. The summed E-state index contributed by atoms with van der Waals surface area (Å²) in [6, 6.07) is 13.4. The van der Waals surface area contributed by atoms with E-state index in [1.807, 2.05) is 56.3 Å². The zero-order valence-corrected chi connectivity index (χ0v) is 13.1. The van der Waals surface area contributed by atoms with Gasteiger partial charge in [0, 0.05) is 5.39 Å². The van der Waals surface area contributed by atoms with E-state index in [4.69, 9.17) is 4.74 Å². The minimum Gasteiger partial charge on any atom is -0.493 e. The van der Waals surface area contributed by atoms with Gasteiger partial charge in [-0.1, -0.05) is 29.8 Å². The summed E-state index contributed by atoms with van der Waals surface area (Å²) in [6.07, 6.45) is 0. The molecule has 0 aliphatic rings. The Labute approximate surface area is 134 Å². The molecule has 0 fully saturated rings. The highest BCUT2D eigenvalue weighted by Crippen LogP contribution is 2.40. The van der Waals surface area contributed by atoms with Crippen molar-refractivity contribution in [2.75, 3.05) is 6.61 Å². The third-order valence-electron chi connectivity index (χ3n) is 3.86. The standard InChI is InChI=1S/C18H18N2O3/c1-12-10-13(2)17-15(11-12)16(19-22)18(21)20(17)8-9-23-14-6-4-3-5-7-14/h3-7,10-11,21H,8-9H2,1-2H3. The van der Waals surface area contributed by atoms with Crippen molar-refractivity contribution in [3.05, 3.63) is 58.5 Å². The molecule has 3 rings (SSSR count). The van der Waals surface area contributed by atoms with Crippen LogP contribution >= 0.6 is 0 Å². The summed E-state index contributed by atoms with van der Waals surface area (Å²) in [5.41, 5.74) is 2.92. The smallest absolute Gasteiger partial charge is 0.222 e. The normalized spacial score (nSPS) is 10.9. The lowest BCUT2D eigenvalue weighted by atomic mass is 10.1. The second-order valence-electron chi connectivity index (χ2n) is 5.55. The van der Waals surface area contributed by atoms with Gasteiger partial charge in [0.15, 0.2) is 5.69 Å². The number of nitrogens with zero attached hydrogens (tertiary/aromatic N) is 2. The van der Waals surface area contributed by atoms with Crippen LogP contribution in [0.5, 0.6) is 11.6 Å². The molecule has 1 heterocycles. The molecule has 0 radical (unpaired) electrons. The van der Waals surface area contributed by atoms with Crippen molar-refractivity contribution < 1.29 is 9.84 Å². The van der Waals surface area contributed by atoms with E-state index in [2.05, 4.69) is 5.18 Å². The van der Waals surface area contributed by atoms with E-state index in [9.17, 15) is 10.0 Å². The molecule has 23 heavy (non-hydrogen) atoms. The molecular formula is C18H18N2O3. The lowest BCUT2D eigenvalue weighted by Crippen LogP contribution is -2.08. The molecule has 2 aromatic carbocycles. The second kappa shape index (κ2) is 6.12. The lowest BCUT2D eigenvalue weighted by Gasteiger charge is -2.10. The summed E-state index contributed by atoms with van der Waals surface area (Å²) in [4.78, 5) is 11.1. The fourth-order valence-electron chi connectivity index (χ4n) is 2.93. The fraction of sp³-hybridized carbons (Fsp3) is 0.222. The summed E-state index contributed by atoms with van der Waals surface area (Å²) in [5.74, 6) is 0.658. The van der Waals surface area contributed by atoms with Crippen LogP contribution in [0.15, 0.2) is 47.6 Å². The maximum absolute atomic E-state index is 11.1. The van der Waals surface area contributed by atoms with Gasteiger partial charge in [0.2, 0.25) is 5.88 Å². The predicted molar refractivity (Wildman–Crippen MR) is 90.5 cm³/mol. The number of hydrogen-bond acceptors (Lipinski definition) is 4. The second-order valence-corrected chi connectivity index (χ2v) is 5.55. The zero-order valence-electron chi connectivity index (χ0n) is 13.1. The number of para-hydroxylation sites is 1. The highest BCUT2D eigenvalue weighted by atomic mass is 16.5. The maximum Gasteiger partial charge on any atom is 0.222 e. The van der Waals surface area contributed by atoms with Gasteiger partial charge in [0.05, 0.1) is 12.1 Å². The van der Waals surface area contributed by atoms with Crippen molar-refractivity contribution in [3.8, 4) is 11.6 Å². The first-order chi connectivity index (χ1) is 11.1. The van der Waals surface area contributed by atoms with E-state index >= 15 is 0 Å². The van der Waals surface area contributed by atoms with E-state index in [1.54, 1.807) is 4.57 Å². The first kappa shape index (κ1) is 15.1. The van der Waals surface area contributed by atoms with E-state index in [1.165, 1.54) is 0 Å². The molecule has 0 amide bonds. The van der Waals surface area contributed by atoms with Crippen molar-refractivity contribution in [2.45, 2.75) is 20.4 Å². The van der Waals surface area contributed by atoms with Crippen molar-refractivity contribution in [2.24, 2.45) is 5.18 Å². The third kappa shape index (κ3) is 2.77. The van der Waals surface area contributed by atoms with Crippen LogP contribution in [-0.2, 0) is 6.54 Å². The highest BCUT2D eigenvalue weighted by molar-refractivity contribution is 5.97. The summed E-state index contributed by atoms with van der Waals surface area (Å²) in [6.45, 7) is 4.72. The van der Waals surface area contributed by atoms with Crippen molar-refractivity contribution in [1.82, 2.24) is 4.57 Å². The number of nitroso groups, excluding NO2 is 1. The number of hydrogen-bond donors (Lipinski definition) is 1. The topological polar surface area (TPSA) is 63.8 Å². The van der Waals surface area contributed by atoms with Gasteiger partial charge in [0.25, 0.3) is 0 Å². The van der Waals surface area contributed by atoms with Gasteiger partial charge in [-0.15, -0.1) is 4.91 Å². The van der Waals surface area contributed by atoms with Crippen LogP contribution in [0.3, 0.4) is 0 Å². The van der Waals surface area contributed by atoms with Crippen LogP contribution in [0.25, 0.3) is 10.9 Å². The molecule has 3 aromatic rings. The molecule has 5 heteroatoms. The Bertz CT molecular complexity index is 854. The van der Waals surface area contributed by atoms with Crippen LogP contribution in [0.2, 0.25) is 0 Å². The minimum atomic E-state index is -0.111. The molecule has 5 nitrogen and oxygen atoms in total. The first-order valence-electron chi connectivity index (χ1n) is 7.45. The van der Waals surface area contributed by atoms with Crippen LogP contribution in [0, 0.1) is 18.8 Å². The Morgan fingerprint density at radius 2 is 1.91 bits per heavy atom. The zero-order chi connectivity index (χ0) is 16.4. The maximum atomic E-state index is 11.1. The molecule has 0 atom stereocenters. The fourth-order valence-corrected chi connectivity index (χ4v) is 2.93. The number of aromatic hydroxyl groups is 1. The Balaban J connectivity index is 1.94. The number of ether oxygens (including phenoxy) is 1. The minimum absolute atomic E-state index is 0.0894. The summed E-state index contributed by atoms with van der Waals surface area (Å²) >= 11 is 0. The van der Waals surface area contributed by atoms with Crippen LogP contribution < -0.4 is 4.74 Å². The number of rotatable bonds is 5. The van der Waals surface area contributed by atoms with Gasteiger partial charge < -0.3 is 14.4 Å². The highest BCUT2D eigenvalue weighted by Gasteiger charge is 2.19. The Hall–Kier alpha value is -2.82. The summed E-state index contributed by atoms with van der Waals surface area (Å²) < 4.78 is 7.36. The SMILES string of the molecule is Cc1cc(C)c2c(c1)c(N=O)c(O)n2CCOc1ccccc1. The van der Waals surface area contributed by atoms with Gasteiger partial charge >= 0.3 is 0 Å². The monoisotopic (exact) mass is 310 g/mol. The molecule has 0 unspecified atom stereocenters. The van der Waals surface area contributed by atoms with Gasteiger partial charge in [-0.3, -0.25) is 0 Å². The molecule has 0 bridgehead atoms. The van der Waals surface area contributed by atoms with Crippen molar-refractivity contribution in [1.29, 1.82) is 0 Å². The Morgan fingerprint density at radius 1 is 1.17 bits per heavy atom. The van der Waals surface area contributed by atoms with E-state index in [-0.39, 0.29) is 11.6 Å².